The summed E-state index contributed by atoms with van der Waals surface area (Å²) in [5.74, 6) is 0.990. The number of hydrogen-bond acceptors (Lipinski definition) is 7. The number of hydrogen-bond donors (Lipinski definition) is 0. The number of aromatic nitrogens is 2. The average molecular weight is 358 g/mol. The van der Waals surface area contributed by atoms with Crippen LogP contribution in [0.4, 0.5) is 0 Å². The fourth-order valence-corrected chi connectivity index (χ4v) is 3.34. The number of nitrogens with zero attached hydrogens (tertiary/aromatic N) is 2. The summed E-state index contributed by atoms with van der Waals surface area (Å²) in [5, 5.41) is 7.90. The van der Waals surface area contributed by atoms with Crippen LogP contribution >= 0.6 is 11.3 Å². The summed E-state index contributed by atoms with van der Waals surface area (Å²) in [5.41, 5.74) is 1.93. The van der Waals surface area contributed by atoms with Gasteiger partial charge in [0.15, 0.2) is 6.61 Å². The van der Waals surface area contributed by atoms with Crippen molar-refractivity contribution in [3.8, 4) is 17.2 Å². The number of methoxy groups -OCH3 is 1. The van der Waals surface area contributed by atoms with E-state index in [1.807, 2.05) is 37.3 Å². The van der Waals surface area contributed by atoms with Crippen molar-refractivity contribution in [3.05, 3.63) is 51.5 Å². The maximum absolute atomic E-state index is 12.1. The molecule has 25 heavy (non-hydrogen) atoms. The smallest absolute Gasteiger partial charge is 0.348 e. The number of benzene rings is 1. The molecular formula is C18H18N2O4S. The molecule has 2 aromatic heterocycles. The van der Waals surface area contributed by atoms with Gasteiger partial charge in [0.1, 0.15) is 10.6 Å². The molecule has 6 nitrogen and oxygen atoms in total. The van der Waals surface area contributed by atoms with E-state index in [0.29, 0.717) is 10.8 Å². The molecule has 0 atom stereocenters. The summed E-state index contributed by atoms with van der Waals surface area (Å²) in [6.07, 6.45) is 0.893. The van der Waals surface area contributed by atoms with Crippen LogP contribution in [0, 0.1) is 6.92 Å². The zero-order valence-corrected chi connectivity index (χ0v) is 15.1. The summed E-state index contributed by atoms with van der Waals surface area (Å²) >= 11 is 1.43. The Balaban J connectivity index is 1.63. The van der Waals surface area contributed by atoms with Crippen LogP contribution in [-0.4, -0.2) is 23.3 Å². The zero-order valence-electron chi connectivity index (χ0n) is 14.2. The second-order valence-corrected chi connectivity index (χ2v) is 6.61. The highest BCUT2D eigenvalue weighted by atomic mass is 32.1. The van der Waals surface area contributed by atoms with E-state index in [1.54, 1.807) is 7.11 Å². The van der Waals surface area contributed by atoms with E-state index in [-0.39, 0.29) is 18.5 Å². The van der Waals surface area contributed by atoms with Crippen molar-refractivity contribution < 1.29 is 18.7 Å². The molecule has 0 saturated carbocycles. The first-order valence-corrected chi connectivity index (χ1v) is 8.65. The van der Waals surface area contributed by atoms with Crippen molar-refractivity contribution in [3.63, 3.8) is 0 Å². The third-order valence-electron chi connectivity index (χ3n) is 3.73. The van der Waals surface area contributed by atoms with E-state index in [1.165, 1.54) is 11.3 Å². The standard InChI is InChI=1S/C18H18N2O4S/c1-4-12-9-15(25-11(12)2)18(21)23-10-16-19-20-17(24-16)13-5-7-14(22-3)8-6-13/h5-9H,4,10H2,1-3H3. The van der Waals surface area contributed by atoms with Crippen molar-refractivity contribution in [2.45, 2.75) is 26.9 Å². The van der Waals surface area contributed by atoms with Crippen molar-refractivity contribution in [2.75, 3.05) is 7.11 Å². The van der Waals surface area contributed by atoms with Crippen molar-refractivity contribution in [2.24, 2.45) is 0 Å². The maximum atomic E-state index is 12.1. The number of carbonyl (C=O) groups excluding carboxylic acids is 1. The normalized spacial score (nSPS) is 10.7. The van der Waals surface area contributed by atoms with Crippen LogP contribution in [0.2, 0.25) is 0 Å². The summed E-state index contributed by atoms with van der Waals surface area (Å²) in [4.78, 5) is 13.9. The Hall–Kier alpha value is -2.67. The summed E-state index contributed by atoms with van der Waals surface area (Å²) in [7, 11) is 1.60. The lowest BCUT2D eigenvalue weighted by atomic mass is 10.2. The number of rotatable bonds is 6. The molecule has 1 aromatic carbocycles. The molecule has 0 saturated heterocycles. The highest BCUT2D eigenvalue weighted by Gasteiger charge is 2.15. The molecule has 2 heterocycles. The number of thiophene rings is 1. The van der Waals surface area contributed by atoms with Gasteiger partial charge in [-0.15, -0.1) is 21.5 Å². The van der Waals surface area contributed by atoms with E-state index in [0.717, 1.165) is 28.2 Å². The van der Waals surface area contributed by atoms with Crippen LogP contribution in [0.5, 0.6) is 5.75 Å². The number of esters is 1. The summed E-state index contributed by atoms with van der Waals surface area (Å²) in [6, 6.07) is 9.14. The highest BCUT2D eigenvalue weighted by molar-refractivity contribution is 7.14. The van der Waals surface area contributed by atoms with Crippen LogP contribution in [0.15, 0.2) is 34.7 Å². The second kappa shape index (κ2) is 7.48. The van der Waals surface area contributed by atoms with Gasteiger partial charge in [-0.1, -0.05) is 6.92 Å². The first kappa shape index (κ1) is 17.2. The average Bonchev–Trinajstić information content (AvgIpc) is 3.26. The third-order valence-corrected chi connectivity index (χ3v) is 4.81. The lowest BCUT2D eigenvalue weighted by Gasteiger charge is -2.00. The topological polar surface area (TPSA) is 74.5 Å². The van der Waals surface area contributed by atoms with Gasteiger partial charge in [-0.25, -0.2) is 4.79 Å². The monoisotopic (exact) mass is 358 g/mol. The fourth-order valence-electron chi connectivity index (χ4n) is 2.33. The molecule has 3 aromatic rings. The number of ether oxygens (including phenoxy) is 2. The van der Waals surface area contributed by atoms with Crippen LogP contribution in [-0.2, 0) is 17.8 Å². The van der Waals surface area contributed by atoms with Gasteiger partial charge in [0.2, 0.25) is 5.89 Å². The SMILES string of the molecule is CCc1cc(C(=O)OCc2nnc(-c3ccc(OC)cc3)o2)sc1C. The number of aryl methyl sites for hydroxylation is 2. The van der Waals surface area contributed by atoms with Gasteiger partial charge in [-0.05, 0) is 49.2 Å². The fraction of sp³-hybridized carbons (Fsp3) is 0.278. The Kier molecular flexibility index (Phi) is 5.14. The minimum atomic E-state index is -0.378. The largest absolute Gasteiger partial charge is 0.497 e. The van der Waals surface area contributed by atoms with Gasteiger partial charge in [-0.3, -0.25) is 0 Å². The van der Waals surface area contributed by atoms with E-state index >= 15 is 0 Å². The third kappa shape index (κ3) is 3.88. The molecule has 0 radical (unpaired) electrons. The molecule has 0 bridgehead atoms. The Labute approximate surface area is 149 Å². The molecular weight excluding hydrogens is 340 g/mol. The minimum absolute atomic E-state index is 0.0552. The van der Waals surface area contributed by atoms with Crippen molar-refractivity contribution >= 4 is 17.3 Å². The van der Waals surface area contributed by atoms with Crippen LogP contribution < -0.4 is 4.74 Å². The molecule has 0 fully saturated rings. The van der Waals surface area contributed by atoms with E-state index in [9.17, 15) is 4.79 Å². The quantitative estimate of drug-likeness (QED) is 0.619. The molecule has 0 amide bonds. The Morgan fingerprint density at radius 1 is 1.24 bits per heavy atom. The first-order chi connectivity index (χ1) is 12.1. The predicted octanol–water partition coefficient (Wildman–Crippen LogP) is 4.03. The molecule has 3 rings (SSSR count). The van der Waals surface area contributed by atoms with Crippen LogP contribution in [0.25, 0.3) is 11.5 Å². The van der Waals surface area contributed by atoms with Gasteiger partial charge in [0.05, 0.1) is 7.11 Å². The van der Waals surface area contributed by atoms with E-state index in [4.69, 9.17) is 13.9 Å². The summed E-state index contributed by atoms with van der Waals surface area (Å²) in [6.45, 7) is 4.00. The summed E-state index contributed by atoms with van der Waals surface area (Å²) < 4.78 is 15.9. The molecule has 0 aliphatic heterocycles. The Morgan fingerprint density at radius 2 is 2.00 bits per heavy atom. The second-order valence-electron chi connectivity index (χ2n) is 5.35. The zero-order chi connectivity index (χ0) is 17.8. The Bertz CT molecular complexity index is 868. The molecule has 0 N–H and O–H groups in total. The molecule has 0 aliphatic rings. The number of carbonyl (C=O) groups is 1. The molecule has 0 aliphatic carbocycles. The van der Waals surface area contributed by atoms with Gasteiger partial charge in [0.25, 0.3) is 5.89 Å². The van der Waals surface area contributed by atoms with E-state index in [2.05, 4.69) is 17.1 Å². The van der Waals surface area contributed by atoms with Crippen molar-refractivity contribution in [1.82, 2.24) is 10.2 Å². The maximum Gasteiger partial charge on any atom is 0.348 e. The van der Waals surface area contributed by atoms with Gasteiger partial charge in [-0.2, -0.15) is 0 Å². The predicted molar refractivity (Wildman–Crippen MR) is 93.8 cm³/mol. The highest BCUT2D eigenvalue weighted by Crippen LogP contribution is 2.24. The van der Waals surface area contributed by atoms with Crippen LogP contribution in [0.3, 0.4) is 0 Å². The molecule has 130 valence electrons. The minimum Gasteiger partial charge on any atom is -0.497 e. The van der Waals surface area contributed by atoms with Gasteiger partial charge in [0, 0.05) is 10.4 Å². The molecule has 0 spiro atoms. The van der Waals surface area contributed by atoms with Gasteiger partial charge >= 0.3 is 5.97 Å². The van der Waals surface area contributed by atoms with Crippen molar-refractivity contribution in [1.29, 1.82) is 0 Å². The molecule has 0 unspecified atom stereocenters. The van der Waals surface area contributed by atoms with Gasteiger partial charge < -0.3 is 13.9 Å². The van der Waals surface area contributed by atoms with Crippen LogP contribution in [0.1, 0.15) is 32.9 Å². The lowest BCUT2D eigenvalue weighted by Crippen LogP contribution is -2.03. The first-order valence-electron chi connectivity index (χ1n) is 7.84. The molecule has 7 heteroatoms. The van der Waals surface area contributed by atoms with E-state index < -0.39 is 0 Å². The Morgan fingerprint density at radius 3 is 2.64 bits per heavy atom. The lowest BCUT2D eigenvalue weighted by molar-refractivity contribution is 0.0444.